The largest absolute Gasteiger partial charge is 0.497 e. The van der Waals surface area contributed by atoms with Crippen LogP contribution in [0.2, 0.25) is 0 Å². The van der Waals surface area contributed by atoms with Crippen molar-refractivity contribution in [1.82, 2.24) is 10.2 Å². The molecular formula is C27H31N3O6. The number of hydrogen-bond acceptors (Lipinski definition) is 6. The van der Waals surface area contributed by atoms with Gasteiger partial charge in [0, 0.05) is 18.8 Å². The Balaban J connectivity index is 1.42. The average Bonchev–Trinajstić information content (AvgIpc) is 3.45. The quantitative estimate of drug-likeness (QED) is 0.516. The lowest BCUT2D eigenvalue weighted by Gasteiger charge is -2.33. The Labute approximate surface area is 209 Å². The number of aliphatic hydroxyl groups is 1. The van der Waals surface area contributed by atoms with Crippen molar-refractivity contribution < 1.29 is 29.0 Å². The molecule has 0 saturated carbocycles. The fourth-order valence-electron chi connectivity index (χ4n) is 6.26. The number of aliphatic hydroxyl groups excluding tert-OH is 1. The van der Waals surface area contributed by atoms with Crippen LogP contribution in [0, 0.1) is 11.8 Å². The number of benzene rings is 2. The minimum Gasteiger partial charge on any atom is -0.497 e. The van der Waals surface area contributed by atoms with Crippen molar-refractivity contribution in [3.8, 4) is 5.75 Å². The summed E-state index contributed by atoms with van der Waals surface area (Å²) in [5.74, 6) is -1.88. The number of rotatable bonds is 8. The number of nitrogens with zero attached hydrogens (tertiary/aromatic N) is 1. The summed E-state index contributed by atoms with van der Waals surface area (Å²) in [6.45, 7) is 1.87. The van der Waals surface area contributed by atoms with Crippen molar-refractivity contribution in [3.05, 3.63) is 60.2 Å². The summed E-state index contributed by atoms with van der Waals surface area (Å²) in [6.07, 6.45) is 1.03. The summed E-state index contributed by atoms with van der Waals surface area (Å²) in [7, 11) is 1.56. The zero-order valence-electron chi connectivity index (χ0n) is 20.4. The maximum absolute atomic E-state index is 13.7. The van der Waals surface area contributed by atoms with Crippen LogP contribution in [0.1, 0.15) is 25.3 Å². The number of carbonyl (C=O) groups excluding carboxylic acids is 3. The molecule has 3 saturated heterocycles. The Morgan fingerprint density at radius 2 is 1.83 bits per heavy atom. The molecule has 9 heteroatoms. The molecule has 2 aromatic rings. The summed E-state index contributed by atoms with van der Waals surface area (Å²) in [6, 6.07) is 15.5. The molecule has 3 fully saturated rings. The molecule has 3 N–H and O–H groups in total. The highest BCUT2D eigenvalue weighted by Gasteiger charge is 2.77. The predicted molar refractivity (Wildman–Crippen MR) is 131 cm³/mol. The Morgan fingerprint density at radius 1 is 1.11 bits per heavy atom. The maximum Gasteiger partial charge on any atom is 0.250 e. The van der Waals surface area contributed by atoms with Gasteiger partial charge in [-0.05, 0) is 49.6 Å². The molecule has 3 aliphatic rings. The Hall–Kier alpha value is -3.43. The molecule has 36 heavy (non-hydrogen) atoms. The number of likely N-dealkylation sites (tertiary alicyclic amines) is 1. The number of methoxy groups -OCH3 is 1. The third kappa shape index (κ3) is 3.83. The van der Waals surface area contributed by atoms with Crippen LogP contribution in [0.3, 0.4) is 0 Å². The summed E-state index contributed by atoms with van der Waals surface area (Å²) >= 11 is 0. The number of ether oxygens (including phenoxy) is 2. The van der Waals surface area contributed by atoms with Gasteiger partial charge in [-0.15, -0.1) is 0 Å². The number of β-amino-alcohol motifs (C(OH)–C–C–N with tert-alkyl or cyclic N) is 1. The molecule has 190 valence electrons. The first-order valence-corrected chi connectivity index (χ1v) is 12.2. The molecule has 0 aliphatic carbocycles. The zero-order valence-corrected chi connectivity index (χ0v) is 20.4. The number of amides is 3. The van der Waals surface area contributed by atoms with Crippen molar-refractivity contribution >= 4 is 23.4 Å². The van der Waals surface area contributed by atoms with Crippen LogP contribution in [0.4, 0.5) is 5.69 Å². The van der Waals surface area contributed by atoms with Gasteiger partial charge in [0.05, 0.1) is 31.2 Å². The van der Waals surface area contributed by atoms with Gasteiger partial charge in [0.15, 0.2) is 0 Å². The second-order valence-corrected chi connectivity index (χ2v) is 9.90. The van der Waals surface area contributed by atoms with Gasteiger partial charge in [-0.2, -0.15) is 0 Å². The predicted octanol–water partition coefficient (Wildman–Crippen LogP) is 1.71. The van der Waals surface area contributed by atoms with Crippen LogP contribution in [0.5, 0.6) is 5.75 Å². The van der Waals surface area contributed by atoms with Crippen LogP contribution < -0.4 is 15.4 Å². The maximum atomic E-state index is 13.7. The van der Waals surface area contributed by atoms with Crippen molar-refractivity contribution in [3.63, 3.8) is 0 Å². The molecule has 0 radical (unpaired) electrons. The van der Waals surface area contributed by atoms with E-state index in [-0.39, 0.29) is 25.0 Å². The molecular weight excluding hydrogens is 462 g/mol. The number of hydrogen-bond donors (Lipinski definition) is 3. The minimum absolute atomic E-state index is 0.0176. The van der Waals surface area contributed by atoms with Gasteiger partial charge in [0.1, 0.15) is 17.4 Å². The molecule has 5 rings (SSSR count). The summed E-state index contributed by atoms with van der Waals surface area (Å²) in [4.78, 5) is 42.2. The van der Waals surface area contributed by atoms with E-state index < -0.39 is 35.0 Å². The Kier molecular flexibility index (Phi) is 6.22. The molecule has 3 amide bonds. The summed E-state index contributed by atoms with van der Waals surface area (Å²) in [5.41, 5.74) is -0.490. The minimum atomic E-state index is -1.13. The van der Waals surface area contributed by atoms with Gasteiger partial charge in [-0.1, -0.05) is 30.3 Å². The molecule has 1 spiro atoms. The third-order valence-electron chi connectivity index (χ3n) is 7.82. The molecule has 2 bridgehead atoms. The molecule has 3 heterocycles. The van der Waals surface area contributed by atoms with E-state index in [1.165, 1.54) is 4.90 Å². The van der Waals surface area contributed by atoms with Crippen LogP contribution in [0.25, 0.3) is 0 Å². The van der Waals surface area contributed by atoms with Crippen LogP contribution in [-0.4, -0.2) is 65.2 Å². The van der Waals surface area contributed by atoms with E-state index in [4.69, 9.17) is 9.47 Å². The summed E-state index contributed by atoms with van der Waals surface area (Å²) < 4.78 is 11.7. The molecule has 2 aromatic carbocycles. The van der Waals surface area contributed by atoms with Gasteiger partial charge in [0.2, 0.25) is 17.7 Å². The van der Waals surface area contributed by atoms with E-state index in [0.717, 1.165) is 5.56 Å². The van der Waals surface area contributed by atoms with Gasteiger partial charge in [-0.3, -0.25) is 14.4 Å². The average molecular weight is 494 g/mol. The second-order valence-electron chi connectivity index (χ2n) is 9.90. The van der Waals surface area contributed by atoms with Crippen molar-refractivity contribution in [2.45, 2.75) is 43.6 Å². The first-order valence-electron chi connectivity index (χ1n) is 12.2. The Bertz CT molecular complexity index is 1160. The van der Waals surface area contributed by atoms with Crippen molar-refractivity contribution in [2.24, 2.45) is 11.8 Å². The van der Waals surface area contributed by atoms with Gasteiger partial charge >= 0.3 is 0 Å². The normalized spacial score (nSPS) is 30.2. The van der Waals surface area contributed by atoms with E-state index >= 15 is 0 Å². The van der Waals surface area contributed by atoms with Gasteiger partial charge < -0.3 is 30.1 Å². The standard InChI is InChI=1S/C27H31N3O6/c1-26-12-13-27(36-26)21(20(26)23(32)28-16-17-6-4-3-5-7-17)25(34)30(14-15-31)22(27)24(33)29-18-8-10-19(35-2)11-9-18/h3-11,20-22,31H,12-16H2,1-2H3,(H,28,32)(H,29,33)/t20-,21+,22?,26+,27?/m1/s1. The first kappa shape index (κ1) is 24.3. The second kappa shape index (κ2) is 9.22. The van der Waals surface area contributed by atoms with E-state index in [9.17, 15) is 19.5 Å². The smallest absolute Gasteiger partial charge is 0.250 e. The number of nitrogens with one attached hydrogen (secondary N) is 2. The first-order chi connectivity index (χ1) is 17.3. The highest BCUT2D eigenvalue weighted by Crippen LogP contribution is 2.63. The highest BCUT2D eigenvalue weighted by molar-refractivity contribution is 6.03. The van der Waals surface area contributed by atoms with E-state index in [2.05, 4.69) is 10.6 Å². The van der Waals surface area contributed by atoms with Crippen LogP contribution in [-0.2, 0) is 25.7 Å². The molecule has 5 atom stereocenters. The fraction of sp³-hybridized carbons (Fsp3) is 0.444. The van der Waals surface area contributed by atoms with Crippen LogP contribution >= 0.6 is 0 Å². The monoisotopic (exact) mass is 493 g/mol. The number of anilines is 1. The lowest BCUT2D eigenvalue weighted by molar-refractivity contribution is -0.145. The van der Waals surface area contributed by atoms with Crippen LogP contribution in [0.15, 0.2) is 54.6 Å². The number of fused-ring (bicyclic) bond motifs is 1. The molecule has 3 aliphatic heterocycles. The lowest BCUT2D eigenvalue weighted by Crippen LogP contribution is -2.53. The van der Waals surface area contributed by atoms with Gasteiger partial charge in [-0.25, -0.2) is 0 Å². The van der Waals surface area contributed by atoms with E-state index in [1.54, 1.807) is 31.4 Å². The topological polar surface area (TPSA) is 117 Å². The summed E-state index contributed by atoms with van der Waals surface area (Å²) in [5, 5.41) is 15.6. The highest BCUT2D eigenvalue weighted by atomic mass is 16.5. The fourth-order valence-corrected chi connectivity index (χ4v) is 6.26. The number of carbonyl (C=O) groups is 3. The van der Waals surface area contributed by atoms with Crippen molar-refractivity contribution in [1.29, 1.82) is 0 Å². The van der Waals surface area contributed by atoms with E-state index in [0.29, 0.717) is 30.8 Å². The molecule has 2 unspecified atom stereocenters. The molecule has 9 nitrogen and oxygen atoms in total. The third-order valence-corrected chi connectivity index (χ3v) is 7.82. The van der Waals surface area contributed by atoms with E-state index in [1.807, 2.05) is 37.3 Å². The molecule has 0 aromatic heterocycles. The zero-order chi connectivity index (χ0) is 25.5. The Morgan fingerprint density at radius 3 is 2.50 bits per heavy atom. The lowest BCUT2D eigenvalue weighted by atomic mass is 9.66. The SMILES string of the molecule is COc1ccc(NC(=O)C2N(CCO)C(=O)[C@@H]3[C@H](C(=O)NCc4ccccc4)[C@]4(C)CCC23O4)cc1. The van der Waals surface area contributed by atoms with Gasteiger partial charge in [0.25, 0.3) is 0 Å². The van der Waals surface area contributed by atoms with Crippen molar-refractivity contribution in [2.75, 3.05) is 25.6 Å².